The minimum atomic E-state index is -1.50. The van der Waals surface area contributed by atoms with Crippen molar-refractivity contribution < 1.29 is 13.4 Å². The molecule has 132 valence electrons. The number of aromatic nitrogens is 1. The molecule has 0 bridgehead atoms. The molecule has 0 saturated heterocycles. The third-order valence-corrected chi connectivity index (χ3v) is 5.12. The average molecular weight is 370 g/mol. The van der Waals surface area contributed by atoms with Crippen LogP contribution in [-0.4, -0.2) is 20.7 Å². The van der Waals surface area contributed by atoms with Crippen molar-refractivity contribution in [2.75, 3.05) is 5.32 Å². The van der Waals surface area contributed by atoms with E-state index in [1.165, 1.54) is 12.1 Å². The Bertz CT molecular complexity index is 1000. The van der Waals surface area contributed by atoms with Gasteiger partial charge in [0.1, 0.15) is 28.6 Å². The third-order valence-electron chi connectivity index (χ3n) is 3.91. The summed E-state index contributed by atoms with van der Waals surface area (Å²) in [6, 6.07) is 5.21. The second-order valence-corrected chi connectivity index (χ2v) is 6.85. The maximum Gasteiger partial charge on any atom is 0.272 e. The topological polar surface area (TPSA) is 86.9 Å². The molecule has 2 atom stereocenters. The number of aryl methyl sites for hydroxylation is 1. The summed E-state index contributed by atoms with van der Waals surface area (Å²) in [6.07, 6.45) is 6.72. The van der Waals surface area contributed by atoms with Crippen LogP contribution in [0.15, 0.2) is 48.0 Å². The number of hydrogen-bond acceptors (Lipinski definition) is 3. The van der Waals surface area contributed by atoms with Crippen molar-refractivity contribution in [3.63, 3.8) is 0 Å². The molecule has 2 N–H and O–H groups in total. The summed E-state index contributed by atoms with van der Waals surface area (Å²) in [4.78, 5) is 13.2. The lowest BCUT2D eigenvalue weighted by atomic mass is 10.1. The maximum atomic E-state index is 13.4. The molecule has 1 aliphatic rings. The van der Waals surface area contributed by atoms with Gasteiger partial charge in [0, 0.05) is 24.5 Å². The molecule has 8 heteroatoms. The Morgan fingerprint density at radius 3 is 3.00 bits per heavy atom. The Kier molecular flexibility index (Phi) is 4.84. The summed E-state index contributed by atoms with van der Waals surface area (Å²) >= 11 is 0. The van der Waals surface area contributed by atoms with E-state index in [0.717, 1.165) is 6.07 Å². The Balaban J connectivity index is 1.98. The van der Waals surface area contributed by atoms with Gasteiger partial charge in [-0.2, -0.15) is 5.26 Å². The molecule has 0 saturated carbocycles. The van der Waals surface area contributed by atoms with E-state index in [1.54, 1.807) is 42.1 Å². The standard InChI is InChI=1S/C18H15FN4O2S/c1-3-12-4-6-14-16(26(25)22-12)10-23(2)17(14)18(24)21-13-5-7-15(19)11(8-13)9-20/h3-8,10,12,22H,1H2,2H3,(H,21,24). The molecule has 1 aliphatic heterocycles. The second kappa shape index (κ2) is 7.07. The van der Waals surface area contributed by atoms with Crippen molar-refractivity contribution in [3.05, 3.63) is 65.8 Å². The van der Waals surface area contributed by atoms with Crippen LogP contribution in [0.25, 0.3) is 6.08 Å². The van der Waals surface area contributed by atoms with Gasteiger partial charge in [0.15, 0.2) is 0 Å². The maximum absolute atomic E-state index is 13.4. The van der Waals surface area contributed by atoms with E-state index in [-0.39, 0.29) is 11.6 Å². The largest absolute Gasteiger partial charge is 0.345 e. The molecular formula is C18H15FN4O2S. The summed E-state index contributed by atoms with van der Waals surface area (Å²) < 4.78 is 30.3. The van der Waals surface area contributed by atoms with E-state index in [9.17, 15) is 13.4 Å². The lowest BCUT2D eigenvalue weighted by molar-refractivity contribution is 0.101. The van der Waals surface area contributed by atoms with Gasteiger partial charge in [-0.15, -0.1) is 6.58 Å². The highest BCUT2D eigenvalue weighted by Gasteiger charge is 2.25. The molecule has 0 radical (unpaired) electrons. The van der Waals surface area contributed by atoms with Crippen LogP contribution in [0.5, 0.6) is 0 Å². The number of nitrogens with one attached hydrogen (secondary N) is 2. The molecule has 1 amide bonds. The smallest absolute Gasteiger partial charge is 0.272 e. The molecule has 1 aromatic heterocycles. The molecule has 2 aromatic rings. The van der Waals surface area contributed by atoms with Gasteiger partial charge in [-0.05, 0) is 18.2 Å². The summed E-state index contributed by atoms with van der Waals surface area (Å²) in [5.74, 6) is -1.11. The first kappa shape index (κ1) is 17.8. The van der Waals surface area contributed by atoms with Gasteiger partial charge in [-0.3, -0.25) is 4.79 Å². The lowest BCUT2D eigenvalue weighted by Crippen LogP contribution is -2.25. The highest BCUT2D eigenvalue weighted by atomic mass is 32.2. The van der Waals surface area contributed by atoms with E-state index in [0.29, 0.717) is 21.8 Å². The fourth-order valence-electron chi connectivity index (χ4n) is 2.64. The van der Waals surface area contributed by atoms with Crippen LogP contribution in [0.3, 0.4) is 0 Å². The fraction of sp³-hybridized carbons (Fsp3) is 0.111. The first-order valence-corrected chi connectivity index (χ1v) is 8.78. The van der Waals surface area contributed by atoms with E-state index in [2.05, 4.69) is 16.6 Å². The number of fused-ring (bicyclic) bond motifs is 1. The number of hydrogen-bond donors (Lipinski definition) is 2. The quantitative estimate of drug-likeness (QED) is 0.814. The number of halogens is 1. The molecular weight excluding hydrogens is 355 g/mol. The minimum absolute atomic E-state index is 0.160. The molecule has 2 unspecified atom stereocenters. The Labute approximate surface area is 152 Å². The van der Waals surface area contributed by atoms with E-state index < -0.39 is 22.7 Å². The van der Waals surface area contributed by atoms with Crippen molar-refractivity contribution in [3.8, 4) is 6.07 Å². The number of rotatable bonds is 3. The summed E-state index contributed by atoms with van der Waals surface area (Å²) in [5, 5.41) is 11.6. The van der Waals surface area contributed by atoms with Crippen molar-refractivity contribution in [2.45, 2.75) is 10.9 Å². The average Bonchev–Trinajstić information content (AvgIpc) is 2.88. The zero-order valence-corrected chi connectivity index (χ0v) is 14.6. The van der Waals surface area contributed by atoms with Crippen LogP contribution >= 0.6 is 0 Å². The van der Waals surface area contributed by atoms with Gasteiger partial charge < -0.3 is 9.88 Å². The van der Waals surface area contributed by atoms with Gasteiger partial charge in [0.05, 0.1) is 16.5 Å². The number of nitriles is 1. The number of carbonyl (C=O) groups is 1. The predicted molar refractivity (Wildman–Crippen MR) is 97.0 cm³/mol. The summed E-state index contributed by atoms with van der Waals surface area (Å²) in [7, 11) is 0.171. The predicted octanol–water partition coefficient (Wildman–Crippen LogP) is 2.48. The molecule has 0 spiro atoms. The molecule has 3 rings (SSSR count). The Morgan fingerprint density at radius 1 is 1.54 bits per heavy atom. The van der Waals surface area contributed by atoms with Crippen molar-refractivity contribution in [2.24, 2.45) is 7.05 Å². The molecule has 6 nitrogen and oxygen atoms in total. The first-order chi connectivity index (χ1) is 12.4. The van der Waals surface area contributed by atoms with Gasteiger partial charge in [0.25, 0.3) is 5.91 Å². The van der Waals surface area contributed by atoms with Crippen LogP contribution in [0.1, 0.15) is 21.6 Å². The highest BCUT2D eigenvalue weighted by Crippen LogP contribution is 2.25. The molecule has 1 aromatic carbocycles. The number of anilines is 1. The monoisotopic (exact) mass is 370 g/mol. The van der Waals surface area contributed by atoms with Crippen LogP contribution in [-0.2, 0) is 18.0 Å². The number of benzene rings is 1. The van der Waals surface area contributed by atoms with Crippen molar-refractivity contribution >= 4 is 28.7 Å². The minimum Gasteiger partial charge on any atom is -0.345 e. The van der Waals surface area contributed by atoms with Gasteiger partial charge >= 0.3 is 0 Å². The zero-order chi connectivity index (χ0) is 18.8. The van der Waals surface area contributed by atoms with Crippen LogP contribution in [0.4, 0.5) is 10.1 Å². The van der Waals surface area contributed by atoms with E-state index in [4.69, 9.17) is 5.26 Å². The van der Waals surface area contributed by atoms with Crippen LogP contribution in [0.2, 0.25) is 0 Å². The molecule has 0 fully saturated rings. The molecule has 0 aliphatic carbocycles. The van der Waals surface area contributed by atoms with Gasteiger partial charge in [-0.1, -0.05) is 18.2 Å². The van der Waals surface area contributed by atoms with Gasteiger partial charge in [-0.25, -0.2) is 13.3 Å². The Morgan fingerprint density at radius 2 is 2.31 bits per heavy atom. The van der Waals surface area contributed by atoms with Crippen molar-refractivity contribution in [1.82, 2.24) is 9.29 Å². The van der Waals surface area contributed by atoms with Crippen LogP contribution in [0, 0.1) is 17.1 Å². The fourth-order valence-corrected chi connectivity index (χ4v) is 3.81. The normalized spacial score (nSPS) is 18.5. The van der Waals surface area contributed by atoms with E-state index in [1.807, 2.05) is 0 Å². The summed E-state index contributed by atoms with van der Waals surface area (Å²) in [6.45, 7) is 3.67. The molecule has 26 heavy (non-hydrogen) atoms. The second-order valence-electron chi connectivity index (χ2n) is 5.63. The van der Waals surface area contributed by atoms with E-state index >= 15 is 0 Å². The highest BCUT2D eigenvalue weighted by molar-refractivity contribution is 7.83. The number of nitrogens with zero attached hydrogens (tertiary/aromatic N) is 2. The third kappa shape index (κ3) is 3.22. The SMILES string of the molecule is C=CC1C=Cc2c(cn(C)c2C(=O)Nc2ccc(F)c(C#N)c2)S(=O)N1. The molecule has 2 heterocycles. The number of carbonyl (C=O) groups excluding carboxylic acids is 1. The first-order valence-electron chi connectivity index (χ1n) is 7.63. The lowest BCUT2D eigenvalue weighted by Gasteiger charge is -2.08. The van der Waals surface area contributed by atoms with Gasteiger partial charge in [0.2, 0.25) is 0 Å². The zero-order valence-electron chi connectivity index (χ0n) is 13.8. The number of amides is 1. The van der Waals surface area contributed by atoms with Crippen molar-refractivity contribution in [1.29, 1.82) is 5.26 Å². The summed E-state index contributed by atoms with van der Waals surface area (Å²) in [5.41, 5.74) is 0.970. The Hall–Kier alpha value is -3.02. The van der Waals surface area contributed by atoms with Crippen LogP contribution < -0.4 is 10.0 Å².